The van der Waals surface area contributed by atoms with E-state index in [4.69, 9.17) is 4.52 Å². The molecule has 0 aliphatic carbocycles. The zero-order chi connectivity index (χ0) is 16.6. The lowest BCUT2D eigenvalue weighted by Crippen LogP contribution is -2.14. The minimum Gasteiger partial charge on any atom is -0.355 e. The molecule has 2 heterocycles. The molecule has 120 valence electrons. The van der Waals surface area contributed by atoms with Crippen molar-refractivity contribution in [2.75, 3.05) is 4.72 Å². The van der Waals surface area contributed by atoms with Gasteiger partial charge in [-0.25, -0.2) is 8.42 Å². The van der Waals surface area contributed by atoms with Crippen molar-refractivity contribution >= 4 is 27.0 Å². The van der Waals surface area contributed by atoms with E-state index in [1.807, 2.05) is 32.0 Å². The van der Waals surface area contributed by atoms with Crippen molar-refractivity contribution in [2.24, 2.45) is 0 Å². The minimum absolute atomic E-state index is 0.261. The van der Waals surface area contributed by atoms with Gasteiger partial charge in [0.2, 0.25) is 0 Å². The van der Waals surface area contributed by atoms with Gasteiger partial charge in [-0.15, -0.1) is 11.3 Å². The van der Waals surface area contributed by atoms with Crippen molar-refractivity contribution in [3.05, 3.63) is 52.5 Å². The van der Waals surface area contributed by atoms with Crippen LogP contribution in [-0.2, 0) is 10.0 Å². The molecule has 0 unspecified atom stereocenters. The molecule has 3 rings (SSSR count). The number of para-hydroxylation sites is 1. The number of aromatic nitrogens is 1. The van der Waals surface area contributed by atoms with Crippen molar-refractivity contribution in [1.82, 2.24) is 5.16 Å². The van der Waals surface area contributed by atoms with E-state index in [-0.39, 0.29) is 4.90 Å². The van der Waals surface area contributed by atoms with E-state index >= 15 is 0 Å². The topological polar surface area (TPSA) is 72.2 Å². The first-order valence-electron chi connectivity index (χ1n) is 6.99. The summed E-state index contributed by atoms with van der Waals surface area (Å²) in [5, 5.41) is 3.66. The van der Waals surface area contributed by atoms with E-state index in [9.17, 15) is 8.42 Å². The van der Waals surface area contributed by atoms with Crippen molar-refractivity contribution in [1.29, 1.82) is 0 Å². The number of nitrogens with one attached hydrogen (secondary N) is 1. The van der Waals surface area contributed by atoms with Crippen molar-refractivity contribution in [3.63, 3.8) is 0 Å². The molecule has 7 heteroatoms. The average Bonchev–Trinajstić information content (AvgIpc) is 3.12. The fourth-order valence-corrected chi connectivity index (χ4v) is 5.11. The molecule has 0 fully saturated rings. The van der Waals surface area contributed by atoms with E-state index in [1.54, 1.807) is 19.1 Å². The molecule has 1 aromatic carbocycles. The summed E-state index contributed by atoms with van der Waals surface area (Å²) in [6.07, 6.45) is 1.54. The van der Waals surface area contributed by atoms with Crippen LogP contribution in [0.2, 0.25) is 0 Å². The van der Waals surface area contributed by atoms with Crippen molar-refractivity contribution in [2.45, 2.75) is 25.7 Å². The molecule has 3 aromatic rings. The highest BCUT2D eigenvalue weighted by Gasteiger charge is 2.22. The lowest BCUT2D eigenvalue weighted by Gasteiger charge is -2.12. The van der Waals surface area contributed by atoms with Crippen LogP contribution in [0.15, 0.2) is 45.9 Å². The van der Waals surface area contributed by atoms with Crippen LogP contribution in [0.25, 0.3) is 10.6 Å². The first-order valence-corrected chi connectivity index (χ1v) is 9.29. The minimum atomic E-state index is -3.66. The summed E-state index contributed by atoms with van der Waals surface area (Å²) < 4.78 is 33.3. The second-order valence-corrected chi connectivity index (χ2v) is 8.19. The fourth-order valence-electron chi connectivity index (χ4n) is 2.36. The molecule has 0 saturated carbocycles. The molecule has 1 N–H and O–H groups in total. The Labute approximate surface area is 139 Å². The van der Waals surface area contributed by atoms with E-state index in [0.29, 0.717) is 16.3 Å². The molecule has 0 atom stereocenters. The summed E-state index contributed by atoms with van der Waals surface area (Å²) in [6.45, 7) is 5.54. The summed E-state index contributed by atoms with van der Waals surface area (Å²) in [5.41, 5.74) is 2.40. The van der Waals surface area contributed by atoms with Crippen LogP contribution < -0.4 is 4.72 Å². The Balaban J connectivity index is 2.01. The van der Waals surface area contributed by atoms with Crippen LogP contribution in [-0.4, -0.2) is 13.6 Å². The van der Waals surface area contributed by atoms with Crippen LogP contribution in [0.5, 0.6) is 0 Å². The third kappa shape index (κ3) is 3.02. The first-order chi connectivity index (χ1) is 10.9. The van der Waals surface area contributed by atoms with Gasteiger partial charge < -0.3 is 4.52 Å². The third-order valence-electron chi connectivity index (χ3n) is 3.56. The second-order valence-electron chi connectivity index (χ2n) is 5.28. The number of aryl methyl sites for hydroxylation is 3. The Morgan fingerprint density at radius 1 is 1.13 bits per heavy atom. The molecule has 0 spiro atoms. The maximum Gasteiger partial charge on any atom is 0.263 e. The Morgan fingerprint density at radius 3 is 2.43 bits per heavy atom. The van der Waals surface area contributed by atoms with E-state index in [1.165, 1.54) is 17.5 Å². The number of nitrogens with zero attached hydrogens (tertiary/aromatic N) is 1. The van der Waals surface area contributed by atoms with E-state index in [2.05, 4.69) is 9.88 Å². The average molecular weight is 348 g/mol. The first kappa shape index (κ1) is 15.8. The predicted molar refractivity (Wildman–Crippen MR) is 91.3 cm³/mol. The zero-order valence-corrected chi connectivity index (χ0v) is 14.6. The van der Waals surface area contributed by atoms with Gasteiger partial charge in [0.15, 0.2) is 5.76 Å². The standard InChI is InChI=1S/C16H16N2O3S2/c1-10-5-4-6-11(2)16(10)18-23(19,20)15-9-14(22-12(15)3)13-7-8-17-21-13/h4-9,18H,1-3H3. The van der Waals surface area contributed by atoms with Crippen molar-refractivity contribution < 1.29 is 12.9 Å². The van der Waals surface area contributed by atoms with Gasteiger partial charge in [-0.3, -0.25) is 4.72 Å². The SMILES string of the molecule is Cc1cccc(C)c1NS(=O)(=O)c1cc(-c2ccno2)sc1C. The largest absolute Gasteiger partial charge is 0.355 e. The van der Waals surface area contributed by atoms with Crippen molar-refractivity contribution in [3.8, 4) is 10.6 Å². The van der Waals surface area contributed by atoms with Crippen LogP contribution in [0.3, 0.4) is 0 Å². The molecule has 0 bridgehead atoms. The van der Waals surface area contributed by atoms with Gasteiger partial charge in [0.1, 0.15) is 4.90 Å². The van der Waals surface area contributed by atoms with Crippen LogP contribution >= 0.6 is 11.3 Å². The Bertz CT molecular complexity index is 922. The summed E-state index contributed by atoms with van der Waals surface area (Å²) in [6, 6.07) is 8.99. The van der Waals surface area contributed by atoms with E-state index < -0.39 is 10.0 Å². The molecule has 0 radical (unpaired) electrons. The smallest absolute Gasteiger partial charge is 0.263 e. The highest BCUT2D eigenvalue weighted by Crippen LogP contribution is 2.34. The quantitative estimate of drug-likeness (QED) is 0.769. The summed E-state index contributed by atoms with van der Waals surface area (Å²) >= 11 is 1.36. The van der Waals surface area contributed by atoms with Crippen LogP contribution in [0.4, 0.5) is 5.69 Å². The van der Waals surface area contributed by atoms with Gasteiger partial charge >= 0.3 is 0 Å². The molecule has 2 aromatic heterocycles. The summed E-state index contributed by atoms with van der Waals surface area (Å²) in [4.78, 5) is 1.70. The van der Waals surface area contributed by atoms with Gasteiger partial charge in [0.05, 0.1) is 16.8 Å². The highest BCUT2D eigenvalue weighted by atomic mass is 32.2. The predicted octanol–water partition coefficient (Wildman–Crippen LogP) is 4.13. The van der Waals surface area contributed by atoms with Gasteiger partial charge in [-0.1, -0.05) is 23.4 Å². The van der Waals surface area contributed by atoms with Gasteiger partial charge in [-0.2, -0.15) is 0 Å². The maximum absolute atomic E-state index is 12.8. The molecule has 0 amide bonds. The molecule has 0 aliphatic heterocycles. The Hall–Kier alpha value is -2.12. The number of benzene rings is 1. The number of anilines is 1. The Morgan fingerprint density at radius 2 is 1.83 bits per heavy atom. The molecule has 23 heavy (non-hydrogen) atoms. The number of rotatable bonds is 4. The van der Waals surface area contributed by atoms with Crippen LogP contribution in [0, 0.1) is 20.8 Å². The third-order valence-corrected chi connectivity index (χ3v) is 6.23. The molecular weight excluding hydrogens is 332 g/mol. The lowest BCUT2D eigenvalue weighted by atomic mass is 10.1. The number of sulfonamides is 1. The summed E-state index contributed by atoms with van der Waals surface area (Å²) in [5.74, 6) is 0.562. The Kier molecular flexibility index (Phi) is 3.99. The number of hydrogen-bond acceptors (Lipinski definition) is 5. The van der Waals surface area contributed by atoms with Crippen LogP contribution in [0.1, 0.15) is 16.0 Å². The fraction of sp³-hybridized carbons (Fsp3) is 0.188. The normalized spacial score (nSPS) is 11.6. The van der Waals surface area contributed by atoms with Gasteiger partial charge in [0, 0.05) is 10.9 Å². The van der Waals surface area contributed by atoms with Gasteiger partial charge in [0.25, 0.3) is 10.0 Å². The number of thiophene rings is 1. The zero-order valence-electron chi connectivity index (χ0n) is 13.0. The maximum atomic E-state index is 12.8. The molecule has 0 saturated heterocycles. The van der Waals surface area contributed by atoms with Gasteiger partial charge in [-0.05, 0) is 38.0 Å². The molecule has 0 aliphatic rings. The number of hydrogen-bond donors (Lipinski definition) is 1. The van der Waals surface area contributed by atoms with E-state index in [0.717, 1.165) is 16.0 Å². The highest BCUT2D eigenvalue weighted by molar-refractivity contribution is 7.93. The molecule has 5 nitrogen and oxygen atoms in total. The summed E-state index contributed by atoms with van der Waals surface area (Å²) in [7, 11) is -3.66. The molecular formula is C16H16N2O3S2. The second kappa shape index (κ2) is 5.82. The monoisotopic (exact) mass is 348 g/mol. The lowest BCUT2D eigenvalue weighted by molar-refractivity contribution is 0.433.